The number of pyridine rings is 1. The third-order valence-corrected chi connectivity index (χ3v) is 3.37. The van der Waals surface area contributed by atoms with Gasteiger partial charge in [0.25, 0.3) is 5.56 Å². The van der Waals surface area contributed by atoms with Crippen molar-refractivity contribution in [2.24, 2.45) is 0 Å². The second-order valence-corrected chi connectivity index (χ2v) is 4.43. The summed E-state index contributed by atoms with van der Waals surface area (Å²) >= 11 is 0. The SMILES string of the molecule is Cc1cc(=O)n2c3c1NCC(=O)N3CC2CO. The average Bonchev–Trinajstić information content (AvgIpc) is 2.68. The molecule has 0 radical (unpaired) electrons. The largest absolute Gasteiger partial charge is 0.394 e. The van der Waals surface area contributed by atoms with Gasteiger partial charge in [0.2, 0.25) is 5.91 Å². The Bertz CT molecular complexity index is 564. The fraction of sp³-hybridized carbons (Fsp3) is 0.455. The standard InChI is InChI=1S/C11H13N3O3/c1-6-2-8(16)14-7(5-15)4-13-9(17)3-12-10(6)11(13)14/h2,7,12,15H,3-5H2,1H3. The molecule has 0 aromatic carbocycles. The predicted molar refractivity (Wildman–Crippen MR) is 62.4 cm³/mol. The summed E-state index contributed by atoms with van der Waals surface area (Å²) < 4.78 is 1.51. The molecule has 0 bridgehead atoms. The Kier molecular flexibility index (Phi) is 2.03. The van der Waals surface area contributed by atoms with E-state index in [0.717, 1.165) is 11.3 Å². The van der Waals surface area contributed by atoms with Crippen LogP contribution in [0.5, 0.6) is 0 Å². The molecular weight excluding hydrogens is 222 g/mol. The molecular formula is C11H13N3O3. The predicted octanol–water partition coefficient (Wildman–Crippen LogP) is -0.538. The smallest absolute Gasteiger partial charge is 0.252 e. The van der Waals surface area contributed by atoms with Crippen molar-refractivity contribution in [1.82, 2.24) is 4.57 Å². The number of nitrogens with zero attached hydrogens (tertiary/aromatic N) is 2. The van der Waals surface area contributed by atoms with Crippen LogP contribution in [-0.4, -0.2) is 35.3 Å². The van der Waals surface area contributed by atoms with Crippen molar-refractivity contribution in [2.75, 3.05) is 29.9 Å². The van der Waals surface area contributed by atoms with Crippen LogP contribution >= 0.6 is 0 Å². The van der Waals surface area contributed by atoms with Gasteiger partial charge in [0.15, 0.2) is 0 Å². The highest BCUT2D eigenvalue weighted by Crippen LogP contribution is 2.37. The molecule has 1 aromatic heterocycles. The van der Waals surface area contributed by atoms with Gasteiger partial charge in [-0.3, -0.25) is 19.1 Å². The number of rotatable bonds is 1. The number of carbonyl (C=O) groups excluding carboxylic acids is 1. The Morgan fingerprint density at radius 1 is 1.53 bits per heavy atom. The van der Waals surface area contributed by atoms with Crippen LogP contribution < -0.4 is 15.8 Å². The lowest BCUT2D eigenvalue weighted by molar-refractivity contribution is -0.117. The van der Waals surface area contributed by atoms with E-state index >= 15 is 0 Å². The van der Waals surface area contributed by atoms with Crippen LogP contribution in [-0.2, 0) is 4.79 Å². The summed E-state index contributed by atoms with van der Waals surface area (Å²) in [6.07, 6.45) is 0. The molecule has 0 fully saturated rings. The molecule has 2 aliphatic rings. The summed E-state index contributed by atoms with van der Waals surface area (Å²) in [5, 5.41) is 12.3. The Hall–Kier alpha value is -1.82. The molecule has 1 atom stereocenters. The highest BCUT2D eigenvalue weighted by atomic mass is 16.3. The van der Waals surface area contributed by atoms with Crippen molar-refractivity contribution in [1.29, 1.82) is 0 Å². The number of nitrogens with one attached hydrogen (secondary N) is 1. The Labute approximate surface area is 97.5 Å². The van der Waals surface area contributed by atoms with E-state index in [0.29, 0.717) is 12.4 Å². The maximum atomic E-state index is 11.9. The molecule has 0 saturated carbocycles. The molecule has 1 amide bonds. The molecule has 0 saturated heterocycles. The molecule has 6 heteroatoms. The van der Waals surface area contributed by atoms with Crippen LogP contribution in [0.3, 0.4) is 0 Å². The maximum absolute atomic E-state index is 11.9. The number of hydrogen-bond donors (Lipinski definition) is 2. The molecule has 17 heavy (non-hydrogen) atoms. The lowest BCUT2D eigenvalue weighted by atomic mass is 10.2. The van der Waals surface area contributed by atoms with E-state index in [2.05, 4.69) is 5.32 Å². The molecule has 3 rings (SSSR count). The van der Waals surface area contributed by atoms with Crippen LogP contribution in [0.1, 0.15) is 11.6 Å². The Balaban J connectivity index is 2.32. The Morgan fingerprint density at radius 2 is 2.29 bits per heavy atom. The van der Waals surface area contributed by atoms with Gasteiger partial charge < -0.3 is 10.4 Å². The third-order valence-electron chi connectivity index (χ3n) is 3.37. The van der Waals surface area contributed by atoms with E-state index < -0.39 is 0 Å². The Morgan fingerprint density at radius 3 is 3.00 bits per heavy atom. The van der Waals surface area contributed by atoms with Crippen LogP contribution in [0.15, 0.2) is 10.9 Å². The van der Waals surface area contributed by atoms with Gasteiger partial charge in [-0.05, 0) is 12.5 Å². The summed E-state index contributed by atoms with van der Waals surface area (Å²) in [5.41, 5.74) is 1.48. The lowest BCUT2D eigenvalue weighted by Gasteiger charge is -2.26. The zero-order chi connectivity index (χ0) is 12.2. The van der Waals surface area contributed by atoms with Crippen molar-refractivity contribution < 1.29 is 9.90 Å². The molecule has 1 unspecified atom stereocenters. The van der Waals surface area contributed by atoms with Crippen molar-refractivity contribution in [2.45, 2.75) is 13.0 Å². The minimum absolute atomic E-state index is 0.0628. The van der Waals surface area contributed by atoms with Gasteiger partial charge in [-0.25, -0.2) is 0 Å². The highest BCUT2D eigenvalue weighted by Gasteiger charge is 2.37. The summed E-state index contributed by atoms with van der Waals surface area (Å²) in [4.78, 5) is 25.3. The highest BCUT2D eigenvalue weighted by molar-refractivity contribution is 6.03. The van der Waals surface area contributed by atoms with Gasteiger partial charge in [0, 0.05) is 6.07 Å². The summed E-state index contributed by atoms with van der Waals surface area (Å²) in [6.45, 7) is 2.32. The summed E-state index contributed by atoms with van der Waals surface area (Å²) in [6, 6.07) is 1.20. The van der Waals surface area contributed by atoms with E-state index in [1.165, 1.54) is 10.6 Å². The zero-order valence-corrected chi connectivity index (χ0v) is 9.43. The van der Waals surface area contributed by atoms with Crippen LogP contribution in [0.25, 0.3) is 0 Å². The van der Waals surface area contributed by atoms with E-state index in [4.69, 9.17) is 0 Å². The molecule has 0 spiro atoms. The van der Waals surface area contributed by atoms with E-state index in [1.54, 1.807) is 4.90 Å². The second kappa shape index (κ2) is 3.33. The normalized spacial score (nSPS) is 21.4. The minimum Gasteiger partial charge on any atom is -0.394 e. The monoisotopic (exact) mass is 235 g/mol. The zero-order valence-electron chi connectivity index (χ0n) is 9.43. The number of aliphatic hydroxyl groups excluding tert-OH is 1. The number of aliphatic hydroxyl groups is 1. The lowest BCUT2D eigenvalue weighted by Crippen LogP contribution is -2.39. The van der Waals surface area contributed by atoms with Crippen LogP contribution in [0.2, 0.25) is 0 Å². The quantitative estimate of drug-likeness (QED) is 0.685. The molecule has 6 nitrogen and oxygen atoms in total. The van der Waals surface area contributed by atoms with Gasteiger partial charge in [-0.15, -0.1) is 0 Å². The molecule has 90 valence electrons. The van der Waals surface area contributed by atoms with Gasteiger partial charge >= 0.3 is 0 Å². The fourth-order valence-electron chi connectivity index (χ4n) is 2.56. The van der Waals surface area contributed by atoms with E-state index in [1.807, 2.05) is 6.92 Å². The minimum atomic E-state index is -0.333. The van der Waals surface area contributed by atoms with E-state index in [9.17, 15) is 14.7 Å². The average molecular weight is 235 g/mol. The summed E-state index contributed by atoms with van der Waals surface area (Å²) in [5.74, 6) is 0.539. The number of aryl methyl sites for hydroxylation is 1. The third kappa shape index (κ3) is 1.24. The molecule has 1 aromatic rings. The topological polar surface area (TPSA) is 74.6 Å². The van der Waals surface area contributed by atoms with Gasteiger partial charge in [-0.1, -0.05) is 0 Å². The van der Waals surface area contributed by atoms with Crippen LogP contribution in [0.4, 0.5) is 11.5 Å². The number of hydrogen-bond acceptors (Lipinski definition) is 4. The fourth-order valence-corrected chi connectivity index (χ4v) is 2.56. The summed E-state index contributed by atoms with van der Waals surface area (Å²) in [7, 11) is 0. The van der Waals surface area contributed by atoms with Gasteiger partial charge in [0.05, 0.1) is 31.4 Å². The number of amides is 1. The molecule has 3 heterocycles. The number of carbonyl (C=O) groups is 1. The first-order valence-electron chi connectivity index (χ1n) is 5.54. The van der Waals surface area contributed by atoms with Crippen molar-refractivity contribution in [3.05, 3.63) is 22.0 Å². The van der Waals surface area contributed by atoms with Gasteiger partial charge in [-0.2, -0.15) is 0 Å². The molecule has 0 aliphatic carbocycles. The molecule has 2 aliphatic heterocycles. The first-order valence-corrected chi connectivity index (χ1v) is 5.54. The molecule has 2 N–H and O–H groups in total. The van der Waals surface area contributed by atoms with Gasteiger partial charge in [0.1, 0.15) is 5.82 Å². The van der Waals surface area contributed by atoms with Crippen LogP contribution in [0, 0.1) is 6.92 Å². The first-order chi connectivity index (χ1) is 8.13. The number of aromatic nitrogens is 1. The van der Waals surface area contributed by atoms with Crippen molar-refractivity contribution in [3.8, 4) is 0 Å². The van der Waals surface area contributed by atoms with Crippen molar-refractivity contribution in [3.63, 3.8) is 0 Å². The second-order valence-electron chi connectivity index (χ2n) is 4.43. The van der Waals surface area contributed by atoms with E-state index in [-0.39, 0.29) is 30.7 Å². The van der Waals surface area contributed by atoms with Crippen molar-refractivity contribution >= 4 is 17.4 Å². The number of anilines is 2. The maximum Gasteiger partial charge on any atom is 0.252 e. The first kappa shape index (κ1) is 10.3.